The first-order chi connectivity index (χ1) is 17.3. The lowest BCUT2D eigenvalue weighted by Crippen LogP contribution is -2.51. The Hall–Kier alpha value is -2.94. The van der Waals surface area contributed by atoms with Crippen LogP contribution in [0.4, 0.5) is 13.2 Å². The third-order valence-corrected chi connectivity index (χ3v) is 7.21. The number of Topliss-reactive ketones (excluding diaryl/α,β-unsaturated/α-hetero) is 1. The van der Waals surface area contributed by atoms with Crippen LogP contribution in [0.25, 0.3) is 0 Å². The Morgan fingerprint density at radius 3 is 2.46 bits per heavy atom. The molecule has 9 heteroatoms. The van der Waals surface area contributed by atoms with E-state index in [1.165, 1.54) is 39.0 Å². The number of hydrogen-bond donors (Lipinski definition) is 0. The molecule has 1 saturated heterocycles. The van der Waals surface area contributed by atoms with Crippen LogP contribution >= 0.6 is 0 Å². The molecule has 37 heavy (non-hydrogen) atoms. The molecule has 4 atom stereocenters. The van der Waals surface area contributed by atoms with Crippen LogP contribution in [-0.2, 0) is 35.2 Å². The molecule has 1 aromatic carbocycles. The molecule has 1 fully saturated rings. The molecule has 0 aromatic heterocycles. The normalized spacial score (nSPS) is 26.1. The minimum atomic E-state index is -5.06. The number of hydrogen-bond acceptors (Lipinski definition) is 6. The van der Waals surface area contributed by atoms with E-state index in [4.69, 9.17) is 14.2 Å². The minimum absolute atomic E-state index is 0.0669. The van der Waals surface area contributed by atoms with Crippen molar-refractivity contribution >= 4 is 17.7 Å². The third-order valence-electron chi connectivity index (χ3n) is 7.21. The fourth-order valence-electron chi connectivity index (χ4n) is 5.05. The predicted molar refractivity (Wildman–Crippen MR) is 129 cm³/mol. The van der Waals surface area contributed by atoms with Gasteiger partial charge in [-0.05, 0) is 38.2 Å². The molecule has 1 heterocycles. The van der Waals surface area contributed by atoms with E-state index in [0.717, 1.165) is 5.56 Å². The zero-order chi connectivity index (χ0) is 27.4. The molecule has 1 aromatic rings. The van der Waals surface area contributed by atoms with Crippen LogP contribution in [0.2, 0.25) is 0 Å². The molecule has 0 amide bonds. The van der Waals surface area contributed by atoms with Crippen LogP contribution in [0.3, 0.4) is 0 Å². The summed E-state index contributed by atoms with van der Waals surface area (Å²) in [5.74, 6) is -5.92. The highest BCUT2D eigenvalue weighted by atomic mass is 19.4. The van der Waals surface area contributed by atoms with Gasteiger partial charge in [0.15, 0.2) is 0 Å². The molecular formula is C28H33F3O6. The monoisotopic (exact) mass is 522 g/mol. The number of carbonyl (C=O) groups excluding carboxylic acids is 3. The van der Waals surface area contributed by atoms with Crippen molar-refractivity contribution in [3.8, 4) is 0 Å². The lowest BCUT2D eigenvalue weighted by molar-refractivity contribution is -0.183. The molecule has 1 aliphatic carbocycles. The Kier molecular flexibility index (Phi) is 8.67. The summed E-state index contributed by atoms with van der Waals surface area (Å²) in [6, 6.07) is 8.91. The standard InChI is InChI=1S/C28H33F3O6/c1-18-16-35-13-11-21(18)14-23(24(33)28(29,30)31)22-10-12-27(15-22,26(3,4)37-19(2)32)25(34)36-17-20-8-6-5-7-9-20/h5-10,12,14,18,22-23H,11,13,15-17H2,1-4H3. The summed E-state index contributed by atoms with van der Waals surface area (Å²) in [7, 11) is 0. The average Bonchev–Trinajstić information content (AvgIpc) is 3.28. The van der Waals surface area contributed by atoms with Gasteiger partial charge >= 0.3 is 18.1 Å². The van der Waals surface area contributed by atoms with Crippen LogP contribution in [0.15, 0.2) is 54.1 Å². The Bertz CT molecular complexity index is 1060. The Morgan fingerprint density at radius 2 is 1.86 bits per heavy atom. The molecule has 202 valence electrons. The van der Waals surface area contributed by atoms with Gasteiger partial charge in [-0.2, -0.15) is 13.2 Å². The van der Waals surface area contributed by atoms with E-state index < -0.39 is 46.8 Å². The van der Waals surface area contributed by atoms with Gasteiger partial charge in [0.2, 0.25) is 5.78 Å². The Balaban J connectivity index is 1.97. The van der Waals surface area contributed by atoms with E-state index in [-0.39, 0.29) is 18.9 Å². The molecule has 0 bridgehead atoms. The van der Waals surface area contributed by atoms with Gasteiger partial charge in [0.1, 0.15) is 17.6 Å². The van der Waals surface area contributed by atoms with Crippen LogP contribution in [0.5, 0.6) is 0 Å². The number of ketones is 1. The van der Waals surface area contributed by atoms with Crippen LogP contribution in [0.1, 0.15) is 46.1 Å². The summed E-state index contributed by atoms with van der Waals surface area (Å²) >= 11 is 0. The fraction of sp³-hybridized carbons (Fsp3) is 0.536. The van der Waals surface area contributed by atoms with Crippen molar-refractivity contribution in [2.24, 2.45) is 23.2 Å². The summed E-state index contributed by atoms with van der Waals surface area (Å²) in [5.41, 5.74) is -1.62. The fourth-order valence-corrected chi connectivity index (χ4v) is 5.05. The maximum atomic E-state index is 13.7. The van der Waals surface area contributed by atoms with Crippen molar-refractivity contribution in [1.29, 1.82) is 0 Å². The molecule has 0 saturated carbocycles. The lowest BCUT2D eigenvalue weighted by Gasteiger charge is -2.41. The maximum absolute atomic E-state index is 13.7. The number of halogens is 3. The van der Waals surface area contributed by atoms with Crippen molar-refractivity contribution in [2.45, 2.75) is 58.9 Å². The van der Waals surface area contributed by atoms with Gasteiger partial charge in [0, 0.05) is 12.8 Å². The maximum Gasteiger partial charge on any atom is 0.450 e. The summed E-state index contributed by atoms with van der Waals surface area (Å²) in [6.07, 6.45) is -0.554. The van der Waals surface area contributed by atoms with Gasteiger partial charge in [0.25, 0.3) is 0 Å². The second-order valence-electron chi connectivity index (χ2n) is 10.2. The highest BCUT2D eigenvalue weighted by Crippen LogP contribution is 2.50. The van der Waals surface area contributed by atoms with Gasteiger partial charge in [0.05, 0.1) is 19.1 Å². The van der Waals surface area contributed by atoms with Crippen molar-refractivity contribution in [3.63, 3.8) is 0 Å². The Labute approximate surface area is 214 Å². The summed E-state index contributed by atoms with van der Waals surface area (Å²) in [5, 5.41) is 0. The van der Waals surface area contributed by atoms with Gasteiger partial charge in [-0.15, -0.1) is 0 Å². The summed E-state index contributed by atoms with van der Waals surface area (Å²) < 4.78 is 57.5. The molecule has 2 aliphatic rings. The second kappa shape index (κ2) is 11.2. The highest BCUT2D eigenvalue weighted by molar-refractivity contribution is 5.89. The Morgan fingerprint density at radius 1 is 1.19 bits per heavy atom. The summed E-state index contributed by atoms with van der Waals surface area (Å²) in [6.45, 7) is 6.71. The first-order valence-corrected chi connectivity index (χ1v) is 12.3. The van der Waals surface area contributed by atoms with Crippen molar-refractivity contribution in [1.82, 2.24) is 0 Å². The SMILES string of the molecule is CC(=O)OC(C)(C)C1(C(=O)OCc2ccccc2)C=CC(C(C=C2CCOCC2C)C(=O)C(F)(F)F)C1. The zero-order valence-electron chi connectivity index (χ0n) is 21.5. The van der Waals surface area contributed by atoms with Gasteiger partial charge < -0.3 is 14.2 Å². The van der Waals surface area contributed by atoms with Gasteiger partial charge in [-0.3, -0.25) is 14.4 Å². The molecular weight excluding hydrogens is 489 g/mol. The van der Waals surface area contributed by atoms with Crippen molar-refractivity contribution < 1.29 is 41.8 Å². The number of alkyl halides is 3. The minimum Gasteiger partial charge on any atom is -0.460 e. The largest absolute Gasteiger partial charge is 0.460 e. The first kappa shape index (κ1) is 28.6. The van der Waals surface area contributed by atoms with E-state index in [9.17, 15) is 27.6 Å². The molecule has 0 spiro atoms. The summed E-state index contributed by atoms with van der Waals surface area (Å²) in [4.78, 5) is 38.0. The molecule has 6 nitrogen and oxygen atoms in total. The van der Waals surface area contributed by atoms with Crippen LogP contribution in [0, 0.1) is 23.2 Å². The number of benzene rings is 1. The number of esters is 2. The third kappa shape index (κ3) is 6.50. The van der Waals surface area contributed by atoms with E-state index in [2.05, 4.69) is 0 Å². The molecule has 4 unspecified atom stereocenters. The van der Waals surface area contributed by atoms with Crippen molar-refractivity contribution in [2.75, 3.05) is 13.2 Å². The average molecular weight is 523 g/mol. The molecule has 0 N–H and O–H groups in total. The van der Waals surface area contributed by atoms with E-state index in [1.54, 1.807) is 24.3 Å². The topological polar surface area (TPSA) is 78.9 Å². The quantitative estimate of drug-likeness (QED) is 0.338. The second-order valence-corrected chi connectivity index (χ2v) is 10.2. The van der Waals surface area contributed by atoms with E-state index in [0.29, 0.717) is 25.2 Å². The molecule has 0 radical (unpaired) electrons. The van der Waals surface area contributed by atoms with E-state index in [1.807, 2.05) is 13.0 Å². The molecule has 3 rings (SSSR count). The zero-order valence-corrected chi connectivity index (χ0v) is 21.5. The number of rotatable bonds is 8. The number of ether oxygens (including phenoxy) is 3. The number of carbonyl (C=O) groups is 3. The van der Waals surface area contributed by atoms with Crippen molar-refractivity contribution in [3.05, 3.63) is 59.7 Å². The van der Waals surface area contributed by atoms with Crippen LogP contribution in [-0.4, -0.2) is 42.7 Å². The number of allylic oxidation sites excluding steroid dienone is 2. The van der Waals surface area contributed by atoms with Gasteiger partial charge in [-0.1, -0.05) is 61.1 Å². The smallest absolute Gasteiger partial charge is 0.450 e. The predicted octanol–water partition coefficient (Wildman–Crippen LogP) is 5.36. The molecule has 1 aliphatic heterocycles. The van der Waals surface area contributed by atoms with Crippen LogP contribution < -0.4 is 0 Å². The van der Waals surface area contributed by atoms with E-state index >= 15 is 0 Å². The first-order valence-electron chi connectivity index (χ1n) is 12.3. The van der Waals surface area contributed by atoms with Gasteiger partial charge in [-0.25, -0.2) is 0 Å². The lowest BCUT2D eigenvalue weighted by atomic mass is 9.70. The highest BCUT2D eigenvalue weighted by Gasteiger charge is 2.58.